The fraction of sp³-hybridized carbons (Fsp3) is 0.375. The van der Waals surface area contributed by atoms with Crippen LogP contribution in [0.15, 0.2) is 78.9 Å². The van der Waals surface area contributed by atoms with E-state index < -0.39 is 18.1 Å². The van der Waals surface area contributed by atoms with Crippen molar-refractivity contribution in [3.05, 3.63) is 95.6 Å². The second-order valence-electron chi connectivity index (χ2n) is 10.5. The first kappa shape index (κ1) is 28.7. The molecule has 1 fully saturated rings. The molecule has 1 amide bonds. The van der Waals surface area contributed by atoms with Crippen LogP contribution in [0.4, 0.5) is 4.79 Å². The number of nitrogens with zero attached hydrogens (tertiary/aromatic N) is 1. The smallest absolute Gasteiger partial charge is 0.407 e. The summed E-state index contributed by atoms with van der Waals surface area (Å²) in [6.45, 7) is 3.09. The molecule has 3 aromatic rings. The van der Waals surface area contributed by atoms with Gasteiger partial charge in [0.25, 0.3) is 0 Å². The fourth-order valence-electron chi connectivity index (χ4n) is 5.92. The highest BCUT2D eigenvalue weighted by molar-refractivity contribution is 5.85. The Morgan fingerprint density at radius 3 is 2.10 bits per heavy atom. The number of carboxylic acid groups (broad SMARTS) is 1. The van der Waals surface area contributed by atoms with Crippen molar-refractivity contribution in [3.63, 3.8) is 0 Å². The number of carbonyl (C=O) groups excluding carboxylic acids is 1. The van der Waals surface area contributed by atoms with Crippen molar-refractivity contribution in [1.29, 1.82) is 0 Å². The average Bonchev–Trinajstić information content (AvgIpc) is 3.26. The van der Waals surface area contributed by atoms with Crippen molar-refractivity contribution in [2.75, 3.05) is 26.2 Å². The first-order valence-corrected chi connectivity index (χ1v) is 13.7. The number of hydrogen-bond acceptors (Lipinski definition) is 4. The van der Waals surface area contributed by atoms with Gasteiger partial charge >= 0.3 is 12.1 Å². The van der Waals surface area contributed by atoms with E-state index in [1.54, 1.807) is 0 Å². The number of amides is 1. The van der Waals surface area contributed by atoms with Crippen molar-refractivity contribution >= 4 is 24.5 Å². The van der Waals surface area contributed by atoms with Crippen molar-refractivity contribution in [2.24, 2.45) is 5.92 Å². The SMILES string of the molecule is Cl.O=C(N[C@@H](CCCN1CCC(Cc2ccccc2)CC1)C(=O)O)OCC1c2ccccc2-c2ccccc21. The molecule has 0 spiro atoms. The first-order valence-electron chi connectivity index (χ1n) is 13.7. The van der Waals surface area contributed by atoms with Crippen molar-refractivity contribution in [3.8, 4) is 11.1 Å². The van der Waals surface area contributed by atoms with Gasteiger partial charge in [-0.15, -0.1) is 12.4 Å². The van der Waals surface area contributed by atoms with Crippen LogP contribution in [0.25, 0.3) is 11.1 Å². The van der Waals surface area contributed by atoms with E-state index in [4.69, 9.17) is 4.74 Å². The second kappa shape index (κ2) is 13.6. The van der Waals surface area contributed by atoms with Gasteiger partial charge < -0.3 is 20.1 Å². The normalized spacial score (nSPS) is 16.0. The third-order valence-electron chi connectivity index (χ3n) is 7.98. The lowest BCUT2D eigenvalue weighted by Crippen LogP contribution is -2.42. The molecule has 1 atom stereocenters. The Kier molecular flexibility index (Phi) is 10.0. The zero-order chi connectivity index (χ0) is 26.3. The quantitative estimate of drug-likeness (QED) is 0.318. The van der Waals surface area contributed by atoms with Crippen LogP contribution in [0.5, 0.6) is 0 Å². The van der Waals surface area contributed by atoms with Gasteiger partial charge in [-0.25, -0.2) is 9.59 Å². The van der Waals surface area contributed by atoms with E-state index in [2.05, 4.69) is 64.8 Å². The Balaban J connectivity index is 0.00000353. The zero-order valence-corrected chi connectivity index (χ0v) is 22.9. The number of likely N-dealkylation sites (tertiary alicyclic amines) is 1. The molecule has 1 aliphatic carbocycles. The highest BCUT2D eigenvalue weighted by Crippen LogP contribution is 2.44. The zero-order valence-electron chi connectivity index (χ0n) is 22.1. The lowest BCUT2D eigenvalue weighted by molar-refractivity contribution is -0.139. The molecule has 0 aromatic heterocycles. The van der Waals surface area contributed by atoms with Gasteiger partial charge in [0.15, 0.2) is 0 Å². The molecule has 1 heterocycles. The molecule has 0 saturated carbocycles. The molecule has 1 saturated heterocycles. The van der Waals surface area contributed by atoms with Gasteiger partial charge in [0.1, 0.15) is 12.6 Å². The highest BCUT2D eigenvalue weighted by Gasteiger charge is 2.30. The summed E-state index contributed by atoms with van der Waals surface area (Å²) in [5, 5.41) is 12.3. The standard InChI is InChI=1S/C32H36N2O4.ClH/c35-31(36)30(15-8-18-34-19-16-24(17-20-34)21-23-9-2-1-3-10-23)33-32(37)38-22-29-27-13-6-4-11-25(27)26-12-5-7-14-28(26)29;/h1-7,9-14,24,29-30H,8,15-22H2,(H,33,37)(H,35,36);1H/t30-;/m0./s1. The summed E-state index contributed by atoms with van der Waals surface area (Å²) in [7, 11) is 0. The van der Waals surface area contributed by atoms with E-state index in [1.807, 2.05) is 24.3 Å². The van der Waals surface area contributed by atoms with Gasteiger partial charge in [0.2, 0.25) is 0 Å². The van der Waals surface area contributed by atoms with Crippen LogP contribution in [0.1, 0.15) is 48.3 Å². The summed E-state index contributed by atoms with van der Waals surface area (Å²) in [5.41, 5.74) is 5.97. The molecule has 2 aliphatic rings. The molecule has 7 heteroatoms. The number of benzene rings is 3. The maximum absolute atomic E-state index is 12.6. The lowest BCUT2D eigenvalue weighted by Gasteiger charge is -2.32. The van der Waals surface area contributed by atoms with E-state index in [0.717, 1.165) is 61.2 Å². The van der Waals surface area contributed by atoms with Gasteiger partial charge in [-0.3, -0.25) is 0 Å². The predicted octanol–water partition coefficient (Wildman–Crippen LogP) is 6.14. The maximum Gasteiger partial charge on any atom is 0.407 e. The minimum absolute atomic E-state index is 0. The Bertz CT molecular complexity index is 1200. The second-order valence-corrected chi connectivity index (χ2v) is 10.5. The minimum Gasteiger partial charge on any atom is -0.480 e. The van der Waals surface area contributed by atoms with E-state index in [0.29, 0.717) is 18.8 Å². The van der Waals surface area contributed by atoms with Crippen LogP contribution in [-0.2, 0) is 16.0 Å². The Labute approximate surface area is 236 Å². The third kappa shape index (κ3) is 7.20. The molecule has 2 N–H and O–H groups in total. The first-order chi connectivity index (χ1) is 18.6. The number of piperidine rings is 1. The molecule has 5 rings (SSSR count). The number of carboxylic acids is 1. The number of hydrogen-bond donors (Lipinski definition) is 2. The van der Waals surface area contributed by atoms with Gasteiger partial charge in [-0.05, 0) is 85.5 Å². The summed E-state index contributed by atoms with van der Waals surface area (Å²) in [4.78, 5) is 26.8. The number of carbonyl (C=O) groups is 2. The number of alkyl carbamates (subject to hydrolysis) is 1. The van der Waals surface area contributed by atoms with E-state index >= 15 is 0 Å². The van der Waals surface area contributed by atoms with Gasteiger partial charge in [0.05, 0.1) is 0 Å². The van der Waals surface area contributed by atoms with Crippen molar-refractivity contribution < 1.29 is 19.4 Å². The average molecular weight is 549 g/mol. The minimum atomic E-state index is -1.03. The molecule has 0 unspecified atom stereocenters. The van der Waals surface area contributed by atoms with Crippen molar-refractivity contribution in [1.82, 2.24) is 10.2 Å². The number of rotatable bonds is 10. The van der Waals surface area contributed by atoms with Gasteiger partial charge in [-0.2, -0.15) is 0 Å². The lowest BCUT2D eigenvalue weighted by atomic mass is 9.90. The van der Waals surface area contributed by atoms with Crippen LogP contribution in [0.2, 0.25) is 0 Å². The van der Waals surface area contributed by atoms with Crippen LogP contribution >= 0.6 is 12.4 Å². The molecule has 0 radical (unpaired) electrons. The number of nitrogens with one attached hydrogen (secondary N) is 1. The number of aliphatic carboxylic acids is 1. The molecular weight excluding hydrogens is 512 g/mol. The highest BCUT2D eigenvalue weighted by atomic mass is 35.5. The Hall–Kier alpha value is -3.35. The van der Waals surface area contributed by atoms with Gasteiger partial charge in [-0.1, -0.05) is 78.9 Å². The summed E-state index contributed by atoms with van der Waals surface area (Å²) in [6.07, 6.45) is 3.86. The topological polar surface area (TPSA) is 78.9 Å². The number of fused-ring (bicyclic) bond motifs is 3. The molecule has 3 aromatic carbocycles. The van der Waals surface area contributed by atoms with E-state index in [-0.39, 0.29) is 24.9 Å². The maximum atomic E-state index is 12.6. The van der Waals surface area contributed by atoms with Crippen LogP contribution in [0.3, 0.4) is 0 Å². The number of ether oxygens (including phenoxy) is 1. The molecule has 6 nitrogen and oxygen atoms in total. The summed E-state index contributed by atoms with van der Waals surface area (Å²) in [6, 6.07) is 26.0. The Morgan fingerprint density at radius 1 is 0.897 bits per heavy atom. The van der Waals surface area contributed by atoms with Gasteiger partial charge in [0, 0.05) is 5.92 Å². The Morgan fingerprint density at radius 2 is 1.49 bits per heavy atom. The van der Waals surface area contributed by atoms with Crippen LogP contribution < -0.4 is 5.32 Å². The summed E-state index contributed by atoms with van der Waals surface area (Å²) < 4.78 is 5.55. The largest absolute Gasteiger partial charge is 0.480 e. The fourth-order valence-corrected chi connectivity index (χ4v) is 5.92. The predicted molar refractivity (Wildman–Crippen MR) is 155 cm³/mol. The van der Waals surface area contributed by atoms with E-state index in [9.17, 15) is 14.7 Å². The van der Waals surface area contributed by atoms with Crippen LogP contribution in [0, 0.1) is 5.92 Å². The monoisotopic (exact) mass is 548 g/mol. The molecular formula is C32H37ClN2O4. The number of halogens is 1. The van der Waals surface area contributed by atoms with Crippen molar-refractivity contribution in [2.45, 2.75) is 44.1 Å². The molecule has 39 heavy (non-hydrogen) atoms. The molecule has 0 bridgehead atoms. The van der Waals surface area contributed by atoms with E-state index in [1.165, 1.54) is 5.56 Å². The molecule has 1 aliphatic heterocycles. The third-order valence-corrected chi connectivity index (χ3v) is 7.98. The van der Waals surface area contributed by atoms with Crippen LogP contribution in [-0.4, -0.2) is 54.4 Å². The summed E-state index contributed by atoms with van der Waals surface area (Å²) in [5.74, 6) is -0.378. The summed E-state index contributed by atoms with van der Waals surface area (Å²) >= 11 is 0. The molecule has 206 valence electrons.